The zero-order valence-electron chi connectivity index (χ0n) is 13.8. The van der Waals surface area contributed by atoms with E-state index >= 15 is 0 Å². The molecule has 0 saturated heterocycles. The van der Waals surface area contributed by atoms with E-state index in [0.717, 1.165) is 36.2 Å². The molecule has 0 spiro atoms. The predicted octanol–water partition coefficient (Wildman–Crippen LogP) is 4.25. The number of H-pyrrole nitrogens is 1. The van der Waals surface area contributed by atoms with Gasteiger partial charge in [-0.15, -0.1) is 0 Å². The number of unbranched alkanes of at least 4 members (excludes halogenated alkanes) is 1. The van der Waals surface area contributed by atoms with Gasteiger partial charge in [-0.05, 0) is 18.9 Å². The van der Waals surface area contributed by atoms with E-state index in [1.54, 1.807) is 4.68 Å². The van der Waals surface area contributed by atoms with Crippen LogP contribution in [-0.4, -0.2) is 9.78 Å². The van der Waals surface area contributed by atoms with Crippen molar-refractivity contribution in [2.45, 2.75) is 59.4 Å². The Morgan fingerprint density at radius 3 is 2.29 bits per heavy atom. The lowest BCUT2D eigenvalue weighted by Crippen LogP contribution is -2.17. The quantitative estimate of drug-likeness (QED) is 0.896. The highest BCUT2D eigenvalue weighted by molar-refractivity contribution is 5.66. The number of aryl methyl sites for hydroxylation is 2. The molecule has 0 radical (unpaired) electrons. The molecule has 0 saturated carbocycles. The Morgan fingerprint density at radius 1 is 1.14 bits per heavy atom. The van der Waals surface area contributed by atoms with E-state index in [1.165, 1.54) is 5.56 Å². The Labute approximate surface area is 127 Å². The molecule has 2 rings (SSSR count). The summed E-state index contributed by atoms with van der Waals surface area (Å²) in [5.74, 6) is 0. The highest BCUT2D eigenvalue weighted by atomic mass is 16.1. The molecule has 1 heterocycles. The lowest BCUT2D eigenvalue weighted by Gasteiger charge is -2.18. The molecule has 1 N–H and O–H groups in total. The Morgan fingerprint density at radius 2 is 1.76 bits per heavy atom. The topological polar surface area (TPSA) is 37.8 Å². The van der Waals surface area contributed by atoms with Crippen molar-refractivity contribution in [1.82, 2.24) is 9.78 Å². The predicted molar refractivity (Wildman–Crippen MR) is 88.8 cm³/mol. The first-order valence-corrected chi connectivity index (χ1v) is 7.75. The average Bonchev–Trinajstić information content (AvgIpc) is 2.75. The van der Waals surface area contributed by atoms with Crippen LogP contribution in [-0.2, 0) is 12.0 Å². The van der Waals surface area contributed by atoms with E-state index in [9.17, 15) is 4.79 Å². The van der Waals surface area contributed by atoms with Crippen molar-refractivity contribution in [1.29, 1.82) is 0 Å². The van der Waals surface area contributed by atoms with Crippen LogP contribution in [0.3, 0.4) is 0 Å². The van der Waals surface area contributed by atoms with Crippen molar-refractivity contribution in [2.75, 3.05) is 0 Å². The Hall–Kier alpha value is -1.77. The summed E-state index contributed by atoms with van der Waals surface area (Å²) in [6, 6.07) is 8.20. The van der Waals surface area contributed by atoms with Gasteiger partial charge in [-0.3, -0.25) is 14.6 Å². The number of nitrogens with one attached hydrogen (secondary N) is 1. The van der Waals surface area contributed by atoms with Crippen LogP contribution in [0.2, 0.25) is 0 Å². The fourth-order valence-corrected chi connectivity index (χ4v) is 2.49. The number of aromatic nitrogens is 2. The third-order valence-electron chi connectivity index (χ3n) is 3.78. The largest absolute Gasteiger partial charge is 0.299 e. The molecular weight excluding hydrogens is 260 g/mol. The van der Waals surface area contributed by atoms with Crippen LogP contribution >= 0.6 is 0 Å². The molecule has 21 heavy (non-hydrogen) atoms. The highest BCUT2D eigenvalue weighted by Crippen LogP contribution is 2.29. The first-order chi connectivity index (χ1) is 9.84. The smallest absolute Gasteiger partial charge is 0.274 e. The molecule has 0 fully saturated rings. The van der Waals surface area contributed by atoms with E-state index in [0.29, 0.717) is 0 Å². The summed E-state index contributed by atoms with van der Waals surface area (Å²) in [7, 11) is 0. The summed E-state index contributed by atoms with van der Waals surface area (Å²) < 4.78 is 1.76. The fraction of sp³-hybridized carbons (Fsp3) is 0.500. The van der Waals surface area contributed by atoms with Gasteiger partial charge in [0.05, 0.1) is 11.3 Å². The van der Waals surface area contributed by atoms with E-state index in [2.05, 4.69) is 51.9 Å². The molecule has 0 amide bonds. The van der Waals surface area contributed by atoms with Crippen LogP contribution in [0.4, 0.5) is 0 Å². The van der Waals surface area contributed by atoms with Gasteiger partial charge in [0.15, 0.2) is 0 Å². The average molecular weight is 286 g/mol. The molecule has 0 atom stereocenters. The monoisotopic (exact) mass is 286 g/mol. The second-order valence-corrected chi connectivity index (χ2v) is 6.79. The maximum absolute atomic E-state index is 12.8. The van der Waals surface area contributed by atoms with Crippen LogP contribution < -0.4 is 5.56 Å². The second kappa shape index (κ2) is 5.92. The zero-order valence-corrected chi connectivity index (χ0v) is 13.8. The van der Waals surface area contributed by atoms with Gasteiger partial charge >= 0.3 is 0 Å². The van der Waals surface area contributed by atoms with Gasteiger partial charge in [0.25, 0.3) is 5.56 Å². The number of aromatic amines is 1. The summed E-state index contributed by atoms with van der Waals surface area (Å²) in [5, 5.41) is 3.34. The molecule has 114 valence electrons. The molecular formula is C18H26N2O. The lowest BCUT2D eigenvalue weighted by molar-refractivity contribution is 0.513. The molecule has 0 aliphatic heterocycles. The van der Waals surface area contributed by atoms with Crippen molar-refractivity contribution < 1.29 is 0 Å². The lowest BCUT2D eigenvalue weighted by atomic mass is 9.87. The molecule has 0 bridgehead atoms. The summed E-state index contributed by atoms with van der Waals surface area (Å²) in [4.78, 5) is 12.8. The van der Waals surface area contributed by atoms with Gasteiger partial charge in [0, 0.05) is 12.0 Å². The van der Waals surface area contributed by atoms with Crippen LogP contribution in [0, 0.1) is 6.92 Å². The molecule has 1 aromatic heterocycles. The molecule has 0 aliphatic rings. The minimum absolute atomic E-state index is 0.0865. The van der Waals surface area contributed by atoms with Crippen molar-refractivity contribution in [3.05, 3.63) is 45.9 Å². The van der Waals surface area contributed by atoms with Gasteiger partial charge in [-0.2, -0.15) is 0 Å². The summed E-state index contributed by atoms with van der Waals surface area (Å²) in [5.41, 5.74) is 4.06. The molecule has 3 heteroatoms. The minimum atomic E-state index is -0.0865. The highest BCUT2D eigenvalue weighted by Gasteiger charge is 2.25. The van der Waals surface area contributed by atoms with E-state index in [-0.39, 0.29) is 11.0 Å². The standard InChI is InChI=1S/C18H26N2O/c1-6-7-12-20-17(21)15(16(19-20)18(3,4)5)14-10-8-13(2)9-11-14/h8-11,19H,6-7,12H2,1-5H3. The third-order valence-corrected chi connectivity index (χ3v) is 3.78. The van der Waals surface area contributed by atoms with Gasteiger partial charge in [-0.25, -0.2) is 0 Å². The van der Waals surface area contributed by atoms with Crippen LogP contribution in [0.25, 0.3) is 11.1 Å². The van der Waals surface area contributed by atoms with Crippen molar-refractivity contribution in [3.63, 3.8) is 0 Å². The number of rotatable bonds is 4. The van der Waals surface area contributed by atoms with Gasteiger partial charge in [-0.1, -0.05) is 63.9 Å². The number of hydrogen-bond acceptors (Lipinski definition) is 1. The number of hydrogen-bond donors (Lipinski definition) is 1. The summed E-state index contributed by atoms with van der Waals surface area (Å²) in [6.45, 7) is 11.4. The van der Waals surface area contributed by atoms with Crippen molar-refractivity contribution in [2.24, 2.45) is 0 Å². The number of nitrogens with zero attached hydrogens (tertiary/aromatic N) is 1. The van der Waals surface area contributed by atoms with E-state index in [1.807, 2.05) is 12.1 Å². The molecule has 1 aromatic carbocycles. The first-order valence-electron chi connectivity index (χ1n) is 7.75. The fourth-order valence-electron chi connectivity index (χ4n) is 2.49. The normalized spacial score (nSPS) is 11.9. The first kappa shape index (κ1) is 15.6. The zero-order chi connectivity index (χ0) is 15.6. The summed E-state index contributed by atoms with van der Waals surface area (Å²) >= 11 is 0. The molecule has 2 aromatic rings. The third kappa shape index (κ3) is 3.29. The number of benzene rings is 1. The molecule has 0 aliphatic carbocycles. The van der Waals surface area contributed by atoms with Crippen LogP contribution in [0.1, 0.15) is 51.8 Å². The maximum Gasteiger partial charge on any atom is 0.274 e. The van der Waals surface area contributed by atoms with Crippen LogP contribution in [0.5, 0.6) is 0 Å². The Kier molecular flexibility index (Phi) is 4.40. The van der Waals surface area contributed by atoms with Crippen molar-refractivity contribution >= 4 is 0 Å². The molecule has 3 nitrogen and oxygen atoms in total. The summed E-state index contributed by atoms with van der Waals surface area (Å²) in [6.07, 6.45) is 2.09. The SMILES string of the molecule is CCCCn1[nH]c(C(C)(C)C)c(-c2ccc(C)cc2)c1=O. The van der Waals surface area contributed by atoms with Gasteiger partial charge < -0.3 is 0 Å². The van der Waals surface area contributed by atoms with Gasteiger partial charge in [0.1, 0.15) is 0 Å². The second-order valence-electron chi connectivity index (χ2n) is 6.79. The molecule has 0 unspecified atom stereocenters. The Bertz CT molecular complexity index is 654. The van der Waals surface area contributed by atoms with Gasteiger partial charge in [0.2, 0.25) is 0 Å². The van der Waals surface area contributed by atoms with Crippen LogP contribution in [0.15, 0.2) is 29.1 Å². The van der Waals surface area contributed by atoms with E-state index in [4.69, 9.17) is 0 Å². The minimum Gasteiger partial charge on any atom is -0.299 e. The maximum atomic E-state index is 12.8. The Balaban J connectivity index is 2.59. The van der Waals surface area contributed by atoms with E-state index < -0.39 is 0 Å². The van der Waals surface area contributed by atoms with Crippen molar-refractivity contribution in [3.8, 4) is 11.1 Å².